The molecule has 0 unspecified atom stereocenters. The third-order valence-electron chi connectivity index (χ3n) is 4.33. The van der Waals surface area contributed by atoms with Gasteiger partial charge in [-0.15, -0.1) is 0 Å². The van der Waals surface area contributed by atoms with Crippen LogP contribution >= 0.6 is 0 Å². The lowest BCUT2D eigenvalue weighted by molar-refractivity contribution is -0.122. The van der Waals surface area contributed by atoms with Gasteiger partial charge in [-0.1, -0.05) is 24.3 Å². The van der Waals surface area contributed by atoms with Crippen molar-refractivity contribution >= 4 is 11.9 Å². The van der Waals surface area contributed by atoms with Crippen molar-refractivity contribution in [2.75, 3.05) is 20.8 Å². The number of carbonyl (C=O) groups excluding carboxylic acids is 2. The molecule has 0 bridgehead atoms. The summed E-state index contributed by atoms with van der Waals surface area (Å²) in [5, 5.41) is 2.87. The van der Waals surface area contributed by atoms with E-state index in [2.05, 4.69) is 5.32 Å². The van der Waals surface area contributed by atoms with Crippen LogP contribution in [0.1, 0.15) is 34.0 Å². The van der Waals surface area contributed by atoms with Gasteiger partial charge in [-0.2, -0.15) is 0 Å². The largest absolute Gasteiger partial charge is 0.493 e. The summed E-state index contributed by atoms with van der Waals surface area (Å²) in [4.78, 5) is 24.0. The lowest BCUT2D eigenvalue weighted by Gasteiger charge is -2.12. The highest BCUT2D eigenvalue weighted by atomic mass is 16.5. The number of hydrogen-bond acceptors (Lipinski definition) is 5. The SMILES string of the molecule is COc1ccc(CCNC(=O)C[C@H]2OC(=O)c3ccccc32)cc1OC. The number of methoxy groups -OCH3 is 2. The quantitative estimate of drug-likeness (QED) is 0.773. The summed E-state index contributed by atoms with van der Waals surface area (Å²) < 4.78 is 15.8. The molecule has 136 valence electrons. The van der Waals surface area contributed by atoms with Gasteiger partial charge in [0, 0.05) is 12.1 Å². The van der Waals surface area contributed by atoms with Gasteiger partial charge in [0.2, 0.25) is 5.91 Å². The van der Waals surface area contributed by atoms with Crippen LogP contribution in [0.4, 0.5) is 0 Å². The average Bonchev–Trinajstić information content (AvgIpc) is 2.97. The fraction of sp³-hybridized carbons (Fsp3) is 0.300. The Bertz CT molecular complexity index is 818. The fourth-order valence-electron chi connectivity index (χ4n) is 2.99. The second-order valence-corrected chi connectivity index (χ2v) is 5.97. The smallest absolute Gasteiger partial charge is 0.339 e. The number of ether oxygens (including phenoxy) is 3. The Morgan fingerprint density at radius 2 is 1.88 bits per heavy atom. The Kier molecular flexibility index (Phi) is 5.41. The van der Waals surface area contributed by atoms with E-state index in [0.717, 1.165) is 11.1 Å². The second-order valence-electron chi connectivity index (χ2n) is 5.97. The summed E-state index contributed by atoms with van der Waals surface area (Å²) in [7, 11) is 3.18. The van der Waals surface area contributed by atoms with Crippen molar-refractivity contribution in [2.45, 2.75) is 18.9 Å². The third-order valence-corrected chi connectivity index (χ3v) is 4.33. The molecule has 0 saturated heterocycles. The number of amides is 1. The highest BCUT2D eigenvalue weighted by Crippen LogP contribution is 2.32. The first-order chi connectivity index (χ1) is 12.6. The predicted molar refractivity (Wildman–Crippen MR) is 95.5 cm³/mol. The van der Waals surface area contributed by atoms with Gasteiger partial charge in [0.25, 0.3) is 0 Å². The molecule has 3 rings (SSSR count). The van der Waals surface area contributed by atoms with Crippen molar-refractivity contribution in [3.8, 4) is 11.5 Å². The molecule has 26 heavy (non-hydrogen) atoms. The first-order valence-electron chi connectivity index (χ1n) is 8.40. The average molecular weight is 355 g/mol. The van der Waals surface area contributed by atoms with Crippen LogP contribution in [0.2, 0.25) is 0 Å². The number of hydrogen-bond donors (Lipinski definition) is 1. The monoisotopic (exact) mass is 355 g/mol. The summed E-state index contributed by atoms with van der Waals surface area (Å²) in [5.74, 6) is 0.802. The maximum atomic E-state index is 12.2. The molecule has 0 fully saturated rings. The van der Waals surface area contributed by atoms with Crippen LogP contribution in [-0.2, 0) is 16.0 Å². The number of rotatable bonds is 7. The van der Waals surface area contributed by atoms with Gasteiger partial charge in [0.05, 0.1) is 26.2 Å². The maximum absolute atomic E-state index is 12.2. The molecule has 0 saturated carbocycles. The van der Waals surface area contributed by atoms with Crippen LogP contribution in [0, 0.1) is 0 Å². The van der Waals surface area contributed by atoms with Gasteiger partial charge in [-0.3, -0.25) is 4.79 Å². The summed E-state index contributed by atoms with van der Waals surface area (Å²) >= 11 is 0. The molecule has 0 spiro atoms. The zero-order chi connectivity index (χ0) is 18.5. The van der Waals surface area contributed by atoms with E-state index < -0.39 is 6.10 Å². The van der Waals surface area contributed by atoms with Crippen LogP contribution in [0.15, 0.2) is 42.5 Å². The highest BCUT2D eigenvalue weighted by Gasteiger charge is 2.31. The summed E-state index contributed by atoms with van der Waals surface area (Å²) in [6.45, 7) is 0.483. The number of esters is 1. The summed E-state index contributed by atoms with van der Waals surface area (Å²) in [6.07, 6.45) is 0.265. The molecule has 0 aromatic heterocycles. The van der Waals surface area contributed by atoms with E-state index in [0.29, 0.717) is 30.0 Å². The molecule has 2 aromatic carbocycles. The van der Waals surface area contributed by atoms with Crippen molar-refractivity contribution in [3.05, 3.63) is 59.2 Å². The van der Waals surface area contributed by atoms with Crippen molar-refractivity contribution in [2.24, 2.45) is 0 Å². The number of cyclic esters (lactones) is 1. The molecule has 0 radical (unpaired) electrons. The second kappa shape index (κ2) is 7.91. The minimum atomic E-state index is -0.514. The van der Waals surface area contributed by atoms with Crippen LogP contribution in [-0.4, -0.2) is 32.6 Å². The van der Waals surface area contributed by atoms with E-state index in [1.54, 1.807) is 26.4 Å². The van der Waals surface area contributed by atoms with Crippen molar-refractivity contribution < 1.29 is 23.8 Å². The van der Waals surface area contributed by atoms with Crippen LogP contribution in [0.3, 0.4) is 0 Å². The zero-order valence-corrected chi connectivity index (χ0v) is 14.8. The normalized spacial score (nSPS) is 15.2. The molecule has 1 aliphatic heterocycles. The van der Waals surface area contributed by atoms with Gasteiger partial charge in [-0.25, -0.2) is 4.79 Å². The first kappa shape index (κ1) is 17.8. The van der Waals surface area contributed by atoms with Crippen molar-refractivity contribution in [3.63, 3.8) is 0 Å². The van der Waals surface area contributed by atoms with Gasteiger partial charge >= 0.3 is 5.97 Å². The number of fused-ring (bicyclic) bond motifs is 1. The summed E-state index contributed by atoms with van der Waals surface area (Å²) in [6, 6.07) is 12.8. The molecule has 6 heteroatoms. The van der Waals surface area contributed by atoms with Gasteiger partial charge in [0.15, 0.2) is 11.5 Å². The molecule has 1 aliphatic rings. The zero-order valence-electron chi connectivity index (χ0n) is 14.8. The lowest BCUT2D eigenvalue weighted by atomic mass is 10.0. The Labute approximate surface area is 152 Å². The Morgan fingerprint density at radius 3 is 2.65 bits per heavy atom. The molecular formula is C20H21NO5. The minimum Gasteiger partial charge on any atom is -0.493 e. The van der Waals surface area contributed by atoms with E-state index in [-0.39, 0.29) is 18.3 Å². The Balaban J connectivity index is 1.52. The van der Waals surface area contributed by atoms with Gasteiger partial charge in [-0.05, 0) is 30.2 Å². The standard InChI is InChI=1S/C20H21NO5/c1-24-16-8-7-13(11-18(16)25-2)9-10-21-19(22)12-17-14-5-3-4-6-15(14)20(23)26-17/h3-8,11,17H,9-10,12H2,1-2H3,(H,21,22)/t17-/m1/s1. The van der Waals surface area contributed by atoms with E-state index in [9.17, 15) is 9.59 Å². The van der Waals surface area contributed by atoms with Crippen molar-refractivity contribution in [1.82, 2.24) is 5.32 Å². The van der Waals surface area contributed by atoms with E-state index in [1.165, 1.54) is 0 Å². The lowest BCUT2D eigenvalue weighted by Crippen LogP contribution is -2.27. The molecule has 1 amide bonds. The van der Waals surface area contributed by atoms with Crippen LogP contribution in [0.25, 0.3) is 0 Å². The van der Waals surface area contributed by atoms with Crippen LogP contribution in [0.5, 0.6) is 11.5 Å². The first-order valence-corrected chi connectivity index (χ1v) is 8.40. The number of nitrogens with one attached hydrogen (secondary N) is 1. The van der Waals surface area contributed by atoms with Gasteiger partial charge in [0.1, 0.15) is 6.10 Å². The number of benzene rings is 2. The fourth-order valence-corrected chi connectivity index (χ4v) is 2.99. The molecule has 6 nitrogen and oxygen atoms in total. The van der Waals surface area contributed by atoms with Gasteiger partial charge < -0.3 is 19.5 Å². The van der Waals surface area contributed by atoms with E-state index >= 15 is 0 Å². The molecular weight excluding hydrogens is 334 g/mol. The number of carbonyl (C=O) groups is 2. The Hall–Kier alpha value is -3.02. The third kappa shape index (κ3) is 3.79. The molecule has 1 atom stereocenters. The molecule has 2 aromatic rings. The van der Waals surface area contributed by atoms with Crippen molar-refractivity contribution in [1.29, 1.82) is 0 Å². The molecule has 1 N–H and O–H groups in total. The highest BCUT2D eigenvalue weighted by molar-refractivity contribution is 5.94. The predicted octanol–water partition coefficient (Wildman–Crippen LogP) is 2.66. The molecule has 1 heterocycles. The minimum absolute atomic E-state index is 0.120. The van der Waals surface area contributed by atoms with E-state index in [4.69, 9.17) is 14.2 Å². The molecule has 0 aliphatic carbocycles. The topological polar surface area (TPSA) is 73.9 Å². The van der Waals surface area contributed by atoms with Crippen LogP contribution < -0.4 is 14.8 Å². The van der Waals surface area contributed by atoms with E-state index in [1.807, 2.05) is 30.3 Å². The summed E-state index contributed by atoms with van der Waals surface area (Å²) in [5.41, 5.74) is 2.34. The Morgan fingerprint density at radius 1 is 1.12 bits per heavy atom. The maximum Gasteiger partial charge on any atom is 0.339 e.